The number of hydrogen-bond donors (Lipinski definition) is 1. The molecule has 1 amide bonds. The lowest BCUT2D eigenvalue weighted by molar-refractivity contribution is -0.155. The van der Waals surface area contributed by atoms with Gasteiger partial charge in [0.1, 0.15) is 11.9 Å². The van der Waals surface area contributed by atoms with Gasteiger partial charge in [-0.2, -0.15) is 10.1 Å². The monoisotopic (exact) mass is 254 g/mol. The van der Waals surface area contributed by atoms with Crippen LogP contribution in [0.25, 0.3) is 0 Å². The Morgan fingerprint density at radius 3 is 2.56 bits per heavy atom. The maximum absolute atomic E-state index is 11.5. The lowest BCUT2D eigenvalue weighted by Gasteiger charge is -2.19. The normalized spacial score (nSPS) is 11.1. The first kappa shape index (κ1) is 14.1. The van der Waals surface area contributed by atoms with Crippen molar-refractivity contribution in [2.24, 2.45) is 7.05 Å². The van der Waals surface area contributed by atoms with Gasteiger partial charge in [0, 0.05) is 13.5 Å². The van der Waals surface area contributed by atoms with E-state index in [-0.39, 0.29) is 18.7 Å². The van der Waals surface area contributed by atoms with E-state index in [0.717, 1.165) is 0 Å². The fraction of sp³-hybridized carbons (Fsp3) is 0.636. The van der Waals surface area contributed by atoms with Crippen LogP contribution in [0.1, 0.15) is 33.6 Å². The van der Waals surface area contributed by atoms with Gasteiger partial charge in [0.15, 0.2) is 0 Å². The second-order valence-electron chi connectivity index (χ2n) is 4.84. The molecule has 1 aromatic rings. The summed E-state index contributed by atoms with van der Waals surface area (Å²) in [5.74, 6) is -0.336. The Balaban J connectivity index is 2.34. The van der Waals surface area contributed by atoms with E-state index < -0.39 is 11.6 Å². The lowest BCUT2D eigenvalue weighted by atomic mass is 10.2. The molecule has 0 aliphatic heterocycles. The summed E-state index contributed by atoms with van der Waals surface area (Å²) in [6, 6.07) is 0. The average Bonchev–Trinajstić information content (AvgIpc) is 2.59. The van der Waals surface area contributed by atoms with Crippen molar-refractivity contribution in [3.05, 3.63) is 6.33 Å². The Hall–Kier alpha value is -1.92. The maximum Gasteiger partial charge on any atom is 0.306 e. The highest BCUT2D eigenvalue weighted by Crippen LogP contribution is 2.09. The zero-order valence-corrected chi connectivity index (χ0v) is 11.1. The quantitative estimate of drug-likeness (QED) is 0.806. The Morgan fingerprint density at radius 1 is 1.39 bits per heavy atom. The molecule has 18 heavy (non-hydrogen) atoms. The van der Waals surface area contributed by atoms with Gasteiger partial charge in [0.25, 0.3) is 0 Å². The summed E-state index contributed by atoms with van der Waals surface area (Å²) in [4.78, 5) is 26.8. The van der Waals surface area contributed by atoms with Crippen molar-refractivity contribution in [3.8, 4) is 0 Å². The number of aryl methyl sites for hydroxylation is 1. The third kappa shape index (κ3) is 4.94. The maximum atomic E-state index is 11.5. The number of rotatable bonds is 4. The molecule has 7 heteroatoms. The summed E-state index contributed by atoms with van der Waals surface area (Å²) < 4.78 is 6.53. The SMILES string of the molecule is Cn1ncnc1NC(=O)CCC(=O)OC(C)(C)C. The smallest absolute Gasteiger partial charge is 0.306 e. The Labute approximate surface area is 106 Å². The van der Waals surface area contributed by atoms with Gasteiger partial charge in [0.05, 0.1) is 6.42 Å². The number of carbonyl (C=O) groups is 2. The topological polar surface area (TPSA) is 86.1 Å². The molecular formula is C11H18N4O3. The minimum atomic E-state index is -0.531. The van der Waals surface area contributed by atoms with Crippen LogP contribution >= 0.6 is 0 Å². The number of anilines is 1. The van der Waals surface area contributed by atoms with E-state index in [1.807, 2.05) is 0 Å². The first-order valence-electron chi connectivity index (χ1n) is 5.63. The predicted molar refractivity (Wildman–Crippen MR) is 64.7 cm³/mol. The standard InChI is InChI=1S/C11H18N4O3/c1-11(2,3)18-9(17)6-5-8(16)14-10-12-7-13-15(10)4/h7H,5-6H2,1-4H3,(H,12,13,14,16). The lowest BCUT2D eigenvalue weighted by Crippen LogP contribution is -2.25. The number of ether oxygens (including phenoxy) is 1. The minimum absolute atomic E-state index is 0.0426. The molecule has 0 unspecified atom stereocenters. The van der Waals surface area contributed by atoms with Crippen molar-refractivity contribution < 1.29 is 14.3 Å². The van der Waals surface area contributed by atoms with Crippen molar-refractivity contribution in [2.75, 3.05) is 5.32 Å². The van der Waals surface area contributed by atoms with Crippen molar-refractivity contribution in [2.45, 2.75) is 39.2 Å². The molecule has 0 saturated carbocycles. The van der Waals surface area contributed by atoms with Crippen LogP contribution in [0.4, 0.5) is 5.95 Å². The summed E-state index contributed by atoms with van der Waals surface area (Å²) in [5.41, 5.74) is -0.531. The highest BCUT2D eigenvalue weighted by Gasteiger charge is 2.17. The van der Waals surface area contributed by atoms with Gasteiger partial charge in [-0.15, -0.1) is 0 Å². The van der Waals surface area contributed by atoms with Crippen molar-refractivity contribution in [1.82, 2.24) is 14.8 Å². The van der Waals surface area contributed by atoms with Crippen LogP contribution in [-0.4, -0.2) is 32.2 Å². The van der Waals surface area contributed by atoms with Gasteiger partial charge in [-0.1, -0.05) is 0 Å². The molecule has 0 bridgehead atoms. The molecule has 1 heterocycles. The van der Waals surface area contributed by atoms with E-state index in [9.17, 15) is 9.59 Å². The zero-order valence-electron chi connectivity index (χ0n) is 11.1. The summed E-state index contributed by atoms with van der Waals surface area (Å²) in [5, 5.41) is 6.36. The molecule has 7 nitrogen and oxygen atoms in total. The average molecular weight is 254 g/mol. The van der Waals surface area contributed by atoms with Gasteiger partial charge < -0.3 is 4.74 Å². The number of nitrogens with one attached hydrogen (secondary N) is 1. The molecule has 0 spiro atoms. The van der Waals surface area contributed by atoms with E-state index in [2.05, 4.69) is 15.4 Å². The fourth-order valence-electron chi connectivity index (χ4n) is 1.20. The molecule has 0 saturated heterocycles. The van der Waals surface area contributed by atoms with Crippen LogP contribution in [0.2, 0.25) is 0 Å². The second kappa shape index (κ2) is 5.61. The summed E-state index contributed by atoms with van der Waals surface area (Å²) in [6.07, 6.45) is 1.44. The number of amides is 1. The van der Waals surface area contributed by atoms with Gasteiger partial charge in [-0.05, 0) is 20.8 Å². The predicted octanol–water partition coefficient (Wildman–Crippen LogP) is 0.875. The molecule has 0 radical (unpaired) electrons. The largest absolute Gasteiger partial charge is 0.460 e. The van der Waals surface area contributed by atoms with Gasteiger partial charge in [-0.3, -0.25) is 14.9 Å². The number of carbonyl (C=O) groups excluding carboxylic acids is 2. The number of aromatic nitrogens is 3. The van der Waals surface area contributed by atoms with E-state index in [1.165, 1.54) is 11.0 Å². The van der Waals surface area contributed by atoms with Crippen molar-refractivity contribution in [3.63, 3.8) is 0 Å². The van der Waals surface area contributed by atoms with Gasteiger partial charge >= 0.3 is 5.97 Å². The number of nitrogens with zero attached hydrogens (tertiary/aromatic N) is 3. The van der Waals surface area contributed by atoms with Crippen LogP contribution in [0.5, 0.6) is 0 Å². The molecular weight excluding hydrogens is 236 g/mol. The summed E-state index contributed by atoms with van der Waals surface area (Å²) in [7, 11) is 1.66. The molecule has 1 aromatic heterocycles. The van der Waals surface area contributed by atoms with Crippen LogP contribution in [0, 0.1) is 0 Å². The first-order valence-corrected chi connectivity index (χ1v) is 5.63. The van der Waals surface area contributed by atoms with E-state index in [0.29, 0.717) is 5.95 Å². The van der Waals surface area contributed by atoms with Crippen molar-refractivity contribution >= 4 is 17.8 Å². The van der Waals surface area contributed by atoms with Crippen LogP contribution in [0.3, 0.4) is 0 Å². The second-order valence-corrected chi connectivity index (χ2v) is 4.84. The highest BCUT2D eigenvalue weighted by molar-refractivity contribution is 5.91. The van der Waals surface area contributed by atoms with E-state index >= 15 is 0 Å². The summed E-state index contributed by atoms with van der Waals surface area (Å²) >= 11 is 0. The minimum Gasteiger partial charge on any atom is -0.460 e. The molecule has 0 atom stereocenters. The van der Waals surface area contributed by atoms with Gasteiger partial charge in [0.2, 0.25) is 11.9 Å². The summed E-state index contributed by atoms with van der Waals surface area (Å²) in [6.45, 7) is 5.35. The third-order valence-corrected chi connectivity index (χ3v) is 1.94. The Bertz CT molecular complexity index is 434. The van der Waals surface area contributed by atoms with E-state index in [1.54, 1.807) is 27.8 Å². The molecule has 0 aliphatic carbocycles. The fourth-order valence-corrected chi connectivity index (χ4v) is 1.20. The number of hydrogen-bond acceptors (Lipinski definition) is 5. The van der Waals surface area contributed by atoms with Crippen LogP contribution in [-0.2, 0) is 21.4 Å². The molecule has 100 valence electrons. The van der Waals surface area contributed by atoms with Crippen LogP contribution < -0.4 is 5.32 Å². The van der Waals surface area contributed by atoms with Crippen molar-refractivity contribution in [1.29, 1.82) is 0 Å². The van der Waals surface area contributed by atoms with Gasteiger partial charge in [-0.25, -0.2) is 4.68 Å². The van der Waals surface area contributed by atoms with Crippen LogP contribution in [0.15, 0.2) is 6.33 Å². The highest BCUT2D eigenvalue weighted by atomic mass is 16.6. The molecule has 1 rings (SSSR count). The molecule has 0 aliphatic rings. The molecule has 1 N–H and O–H groups in total. The Morgan fingerprint density at radius 2 is 2.06 bits per heavy atom. The molecule has 0 fully saturated rings. The Kier molecular flexibility index (Phi) is 4.41. The first-order chi connectivity index (χ1) is 8.28. The third-order valence-electron chi connectivity index (χ3n) is 1.94. The number of esters is 1. The van der Waals surface area contributed by atoms with E-state index in [4.69, 9.17) is 4.74 Å². The zero-order chi connectivity index (χ0) is 13.8. The molecule has 0 aromatic carbocycles.